The smallest absolute Gasteiger partial charge is 0.259 e. The highest BCUT2D eigenvalue weighted by Crippen LogP contribution is 2.28. The van der Waals surface area contributed by atoms with Gasteiger partial charge in [0.25, 0.3) is 5.91 Å². The molecule has 0 radical (unpaired) electrons. The van der Waals surface area contributed by atoms with Crippen LogP contribution in [0.25, 0.3) is 5.57 Å². The maximum absolute atomic E-state index is 13.4. The van der Waals surface area contributed by atoms with E-state index in [0.717, 1.165) is 30.4 Å². The van der Waals surface area contributed by atoms with Crippen molar-refractivity contribution in [3.8, 4) is 0 Å². The van der Waals surface area contributed by atoms with Gasteiger partial charge in [0.15, 0.2) is 0 Å². The van der Waals surface area contributed by atoms with Crippen LogP contribution < -0.4 is 16.4 Å². The molecule has 0 aliphatic carbocycles. The Morgan fingerprint density at radius 2 is 1.98 bits per heavy atom. The first-order valence-corrected chi connectivity index (χ1v) is 13.1. The molecule has 0 bridgehead atoms. The van der Waals surface area contributed by atoms with E-state index in [2.05, 4.69) is 51.0 Å². The van der Waals surface area contributed by atoms with Gasteiger partial charge in [0.1, 0.15) is 11.5 Å². The summed E-state index contributed by atoms with van der Waals surface area (Å²) in [7, 11) is 3.28. The number of ether oxygens (including phenoxy) is 1. The Kier molecular flexibility index (Phi) is 9.65. The first-order chi connectivity index (χ1) is 18.8. The lowest BCUT2D eigenvalue weighted by molar-refractivity contribution is -0.120. The van der Waals surface area contributed by atoms with E-state index in [1.807, 2.05) is 27.1 Å². The van der Waals surface area contributed by atoms with E-state index < -0.39 is 5.91 Å². The highest BCUT2D eigenvalue weighted by molar-refractivity contribution is 6.30. The summed E-state index contributed by atoms with van der Waals surface area (Å²) in [6.45, 7) is 16.1. The van der Waals surface area contributed by atoms with E-state index in [0.29, 0.717) is 23.6 Å². The summed E-state index contributed by atoms with van der Waals surface area (Å²) in [5.74, 6) is -0.379. The van der Waals surface area contributed by atoms with Crippen LogP contribution in [0, 0.1) is 18.3 Å². The van der Waals surface area contributed by atoms with Gasteiger partial charge in [0, 0.05) is 44.3 Å². The molecule has 11 heteroatoms. The van der Waals surface area contributed by atoms with Crippen LogP contribution in [-0.4, -0.2) is 63.9 Å². The molecule has 0 unspecified atom stereocenters. The summed E-state index contributed by atoms with van der Waals surface area (Å²) in [5.41, 5.74) is 9.66. The molecule has 0 atom stereocenters. The van der Waals surface area contributed by atoms with E-state index in [4.69, 9.17) is 10.5 Å². The summed E-state index contributed by atoms with van der Waals surface area (Å²) >= 11 is 0. The molecule has 1 saturated heterocycles. The van der Waals surface area contributed by atoms with Crippen LogP contribution in [-0.2, 0) is 21.4 Å². The fraction of sp³-hybridized carbons (Fsp3) is 0.414. The second-order valence-corrected chi connectivity index (χ2v) is 11.0. The predicted octanol–water partition coefficient (Wildman–Crippen LogP) is 3.48. The van der Waals surface area contributed by atoms with Crippen molar-refractivity contribution >= 4 is 34.5 Å². The van der Waals surface area contributed by atoms with Crippen LogP contribution in [0.1, 0.15) is 39.0 Å². The molecule has 3 rings (SSSR count). The van der Waals surface area contributed by atoms with Crippen molar-refractivity contribution in [2.75, 3.05) is 37.4 Å². The van der Waals surface area contributed by atoms with Crippen LogP contribution in [0.15, 0.2) is 60.0 Å². The fourth-order valence-electron chi connectivity index (χ4n) is 4.51. The molecule has 214 valence electrons. The SMILES string of the molecule is C=C(OC)C(=N\C=C(\c1cnn(C)c1)C(C)C)/C(=C\N)C(=O)Nc1cc(NC(=O)CN2CC(C)(C)C2)cnc1C. The minimum atomic E-state index is -0.531. The third-order valence-electron chi connectivity index (χ3n) is 6.46. The number of carbonyl (C=O) groups excluding carboxylic acids is 2. The number of carbonyl (C=O) groups is 2. The van der Waals surface area contributed by atoms with E-state index in [-0.39, 0.29) is 34.3 Å². The third-order valence-corrected chi connectivity index (χ3v) is 6.46. The van der Waals surface area contributed by atoms with E-state index in [1.165, 1.54) is 7.11 Å². The predicted molar refractivity (Wildman–Crippen MR) is 158 cm³/mol. The van der Waals surface area contributed by atoms with Crippen LogP contribution in [0.3, 0.4) is 0 Å². The molecular formula is C29H40N8O3. The molecule has 0 aromatic carbocycles. The molecular weight excluding hydrogens is 508 g/mol. The molecule has 2 aromatic heterocycles. The zero-order valence-corrected chi connectivity index (χ0v) is 24.4. The standard InChI is InChI=1S/C29H40N8O3/c1-18(2)24(21-11-33-36(7)14-21)13-32-27(20(4)40-8)23(10-30)28(39)35-25-9-22(12-31-19(25)3)34-26(38)15-37-16-29(5,6)17-37/h9-14,18H,4,15-17,30H2,1-3,5-8H3,(H,34,38)(H,35,39)/b23-10+,24-13+,32-27+. The summed E-state index contributed by atoms with van der Waals surface area (Å²) in [4.78, 5) is 36.9. The quantitative estimate of drug-likeness (QED) is 0.222. The minimum absolute atomic E-state index is 0.0617. The van der Waals surface area contributed by atoms with Crippen molar-refractivity contribution in [2.24, 2.45) is 29.1 Å². The summed E-state index contributed by atoms with van der Waals surface area (Å²) in [6.07, 6.45) is 8.03. The molecule has 0 spiro atoms. The largest absolute Gasteiger partial charge is 0.495 e. The van der Waals surface area contributed by atoms with Crippen molar-refractivity contribution < 1.29 is 14.3 Å². The van der Waals surface area contributed by atoms with Crippen LogP contribution in [0.4, 0.5) is 11.4 Å². The van der Waals surface area contributed by atoms with Gasteiger partial charge >= 0.3 is 0 Å². The Balaban J connectivity index is 1.81. The van der Waals surface area contributed by atoms with E-state index >= 15 is 0 Å². The van der Waals surface area contributed by atoms with Crippen molar-refractivity contribution in [2.45, 2.75) is 34.6 Å². The number of aryl methyl sites for hydroxylation is 2. The average Bonchev–Trinajstić information content (AvgIpc) is 3.29. The molecule has 1 fully saturated rings. The van der Waals surface area contributed by atoms with Gasteiger partial charge < -0.3 is 21.1 Å². The second kappa shape index (κ2) is 12.7. The van der Waals surface area contributed by atoms with Gasteiger partial charge in [-0.1, -0.05) is 34.3 Å². The first kappa shape index (κ1) is 30.3. The lowest BCUT2D eigenvalue weighted by Crippen LogP contribution is -2.54. The Labute approximate surface area is 235 Å². The normalized spacial score (nSPS) is 15.9. The van der Waals surface area contributed by atoms with Gasteiger partial charge in [-0.2, -0.15) is 5.10 Å². The lowest BCUT2D eigenvalue weighted by Gasteiger charge is -2.45. The number of aromatic nitrogens is 3. The molecule has 1 aliphatic heterocycles. The van der Waals surface area contributed by atoms with Gasteiger partial charge in [0.2, 0.25) is 5.91 Å². The van der Waals surface area contributed by atoms with E-state index in [1.54, 1.807) is 36.3 Å². The van der Waals surface area contributed by atoms with Crippen LogP contribution in [0.2, 0.25) is 0 Å². The number of hydrogen-bond acceptors (Lipinski definition) is 8. The number of methoxy groups -OCH3 is 1. The van der Waals surface area contributed by atoms with Gasteiger partial charge in [-0.05, 0) is 29.9 Å². The number of hydrogen-bond donors (Lipinski definition) is 3. The van der Waals surface area contributed by atoms with Crippen molar-refractivity contribution in [1.82, 2.24) is 19.7 Å². The van der Waals surface area contributed by atoms with Gasteiger partial charge in [0.05, 0.1) is 48.7 Å². The number of rotatable bonds is 11. The topological polar surface area (TPSA) is 140 Å². The molecule has 3 heterocycles. The molecule has 2 aromatic rings. The Hall–Kier alpha value is -4.25. The number of pyridine rings is 1. The zero-order chi connectivity index (χ0) is 29.6. The highest BCUT2D eigenvalue weighted by atomic mass is 16.5. The maximum atomic E-state index is 13.4. The number of allylic oxidation sites excluding steroid dienone is 2. The second-order valence-electron chi connectivity index (χ2n) is 11.0. The van der Waals surface area contributed by atoms with Gasteiger partial charge in [-0.25, -0.2) is 0 Å². The Bertz CT molecular complexity index is 1360. The molecule has 4 N–H and O–H groups in total. The monoisotopic (exact) mass is 548 g/mol. The molecule has 1 aliphatic rings. The van der Waals surface area contributed by atoms with Crippen LogP contribution in [0.5, 0.6) is 0 Å². The Morgan fingerprint density at radius 1 is 1.27 bits per heavy atom. The van der Waals surface area contributed by atoms with Crippen molar-refractivity contribution in [3.05, 3.63) is 66.2 Å². The number of amides is 2. The average molecular weight is 549 g/mol. The number of aliphatic imine (C=N–C) groups is 1. The number of nitrogens with two attached hydrogens (primary N) is 1. The van der Waals surface area contributed by atoms with Crippen LogP contribution >= 0.6 is 0 Å². The van der Waals surface area contributed by atoms with E-state index in [9.17, 15) is 9.59 Å². The summed E-state index contributed by atoms with van der Waals surface area (Å²) in [6, 6.07) is 1.66. The van der Waals surface area contributed by atoms with Crippen molar-refractivity contribution in [1.29, 1.82) is 0 Å². The summed E-state index contributed by atoms with van der Waals surface area (Å²) in [5, 5.41) is 9.93. The zero-order valence-electron chi connectivity index (χ0n) is 24.4. The van der Waals surface area contributed by atoms with Crippen molar-refractivity contribution in [3.63, 3.8) is 0 Å². The molecule has 11 nitrogen and oxygen atoms in total. The third kappa shape index (κ3) is 7.66. The fourth-order valence-corrected chi connectivity index (χ4v) is 4.51. The molecule has 40 heavy (non-hydrogen) atoms. The molecule has 0 saturated carbocycles. The first-order valence-electron chi connectivity index (χ1n) is 13.1. The number of nitrogens with one attached hydrogen (secondary N) is 2. The summed E-state index contributed by atoms with van der Waals surface area (Å²) < 4.78 is 7.04. The minimum Gasteiger partial charge on any atom is -0.495 e. The number of likely N-dealkylation sites (tertiary alicyclic amines) is 1. The maximum Gasteiger partial charge on any atom is 0.259 e. The number of anilines is 2. The number of nitrogens with zero attached hydrogens (tertiary/aromatic N) is 5. The molecule has 2 amide bonds. The lowest BCUT2D eigenvalue weighted by atomic mass is 9.84. The van der Waals surface area contributed by atoms with Gasteiger partial charge in [-0.15, -0.1) is 0 Å². The Morgan fingerprint density at radius 3 is 2.52 bits per heavy atom. The highest BCUT2D eigenvalue weighted by Gasteiger charge is 2.34. The van der Waals surface area contributed by atoms with Gasteiger partial charge in [-0.3, -0.25) is 29.1 Å².